The van der Waals surface area contributed by atoms with Crippen molar-refractivity contribution in [3.63, 3.8) is 0 Å². The van der Waals surface area contributed by atoms with Gasteiger partial charge >= 0.3 is 0 Å². The first kappa shape index (κ1) is 30.7. The molecule has 1 heteroatoms. The maximum Gasteiger partial charge on any atom is 0.0544 e. The molecule has 4 saturated carbocycles. The summed E-state index contributed by atoms with van der Waals surface area (Å²) in [7, 11) is -1.45. The fourth-order valence-corrected chi connectivity index (χ4v) is 17.7. The van der Waals surface area contributed by atoms with Crippen molar-refractivity contribution in [2.45, 2.75) is 153 Å². The van der Waals surface area contributed by atoms with E-state index in [1.54, 1.807) is 11.1 Å². The molecule has 42 heavy (non-hydrogen) atoms. The molecule has 9 unspecified atom stereocenters. The third-order valence-corrected chi connectivity index (χ3v) is 18.9. The average Bonchev–Trinajstić information content (AvgIpc) is 3.53. The van der Waals surface area contributed by atoms with Crippen LogP contribution >= 0.6 is 0 Å². The minimum absolute atomic E-state index is 0.239. The SMILES string of the molecule is CC1CC2C(c3ccc(C(C)(C)C)cc3)CCCC2C1[Si](C)(C)C1CCC2C(c3ccc(C(C)(C)C)cc3)CCCC21. The van der Waals surface area contributed by atoms with Crippen molar-refractivity contribution in [3.8, 4) is 0 Å². The normalized spacial score (nSPS) is 35.6. The van der Waals surface area contributed by atoms with Gasteiger partial charge in [0, 0.05) is 0 Å². The smallest absolute Gasteiger partial charge is 0.0544 e. The Kier molecular flexibility index (Phi) is 8.20. The Labute approximate surface area is 260 Å². The van der Waals surface area contributed by atoms with E-state index in [0.29, 0.717) is 0 Å². The minimum atomic E-state index is -1.45. The molecule has 2 aromatic carbocycles. The van der Waals surface area contributed by atoms with Crippen LogP contribution in [0.3, 0.4) is 0 Å². The van der Waals surface area contributed by atoms with Gasteiger partial charge in [0.1, 0.15) is 0 Å². The highest BCUT2D eigenvalue weighted by Crippen LogP contribution is 2.66. The van der Waals surface area contributed by atoms with Gasteiger partial charge < -0.3 is 0 Å². The molecular formula is C41H62Si. The summed E-state index contributed by atoms with van der Waals surface area (Å²) in [4.78, 5) is 0. The predicted molar refractivity (Wildman–Crippen MR) is 185 cm³/mol. The van der Waals surface area contributed by atoms with Crippen molar-refractivity contribution >= 4 is 8.07 Å². The second-order valence-corrected chi connectivity index (χ2v) is 23.3. The van der Waals surface area contributed by atoms with Gasteiger partial charge in [-0.1, -0.05) is 142 Å². The van der Waals surface area contributed by atoms with Crippen LogP contribution in [-0.4, -0.2) is 8.07 Å². The lowest BCUT2D eigenvalue weighted by molar-refractivity contribution is 0.227. The summed E-state index contributed by atoms with van der Waals surface area (Å²) in [6.45, 7) is 22.5. The Hall–Kier alpha value is -1.34. The Bertz CT molecular complexity index is 1210. The topological polar surface area (TPSA) is 0 Å². The first-order valence-corrected chi connectivity index (χ1v) is 21.1. The zero-order chi connectivity index (χ0) is 30.0. The highest BCUT2D eigenvalue weighted by Gasteiger charge is 2.57. The molecule has 0 amide bonds. The minimum Gasteiger partial charge on any atom is -0.0689 e. The van der Waals surface area contributed by atoms with Crippen molar-refractivity contribution in [1.29, 1.82) is 0 Å². The van der Waals surface area contributed by atoms with Gasteiger partial charge in [0.05, 0.1) is 8.07 Å². The third-order valence-electron chi connectivity index (χ3n) is 13.5. The van der Waals surface area contributed by atoms with Crippen LogP contribution in [0, 0.1) is 29.6 Å². The molecule has 2 aromatic rings. The van der Waals surface area contributed by atoms with Crippen LogP contribution < -0.4 is 0 Å². The summed E-state index contributed by atoms with van der Waals surface area (Å²) in [5.41, 5.74) is 8.81. The van der Waals surface area contributed by atoms with Gasteiger partial charge in [0.15, 0.2) is 0 Å². The van der Waals surface area contributed by atoms with Crippen LogP contribution in [0.4, 0.5) is 0 Å². The van der Waals surface area contributed by atoms with E-state index < -0.39 is 8.07 Å². The van der Waals surface area contributed by atoms with E-state index in [1.165, 1.54) is 68.9 Å². The molecule has 0 saturated heterocycles. The first-order valence-electron chi connectivity index (χ1n) is 18.0. The van der Waals surface area contributed by atoms with Crippen LogP contribution in [0.15, 0.2) is 48.5 Å². The van der Waals surface area contributed by atoms with E-state index >= 15 is 0 Å². The number of benzene rings is 2. The molecule has 0 heterocycles. The highest BCUT2D eigenvalue weighted by atomic mass is 28.3. The summed E-state index contributed by atoms with van der Waals surface area (Å²) in [6.07, 6.45) is 13.3. The van der Waals surface area contributed by atoms with Gasteiger partial charge in [-0.25, -0.2) is 0 Å². The molecule has 0 N–H and O–H groups in total. The Morgan fingerprint density at radius 3 is 1.52 bits per heavy atom. The fourth-order valence-electron chi connectivity index (χ4n) is 11.6. The van der Waals surface area contributed by atoms with Crippen molar-refractivity contribution in [1.82, 2.24) is 0 Å². The van der Waals surface area contributed by atoms with Gasteiger partial charge in [0.25, 0.3) is 0 Å². The standard InChI is InChI=1S/C41H62Si/c1-27-26-37-33(29-18-22-31(23-19-29)41(5,6)7)13-11-15-36(37)39(27)42(8,9)38-25-24-34-32(12-10-14-35(34)38)28-16-20-30(21-17-28)40(2,3)4/h16-23,27,32-39H,10-15,24-26H2,1-9H3. The van der Waals surface area contributed by atoms with Crippen LogP contribution in [0.2, 0.25) is 24.2 Å². The van der Waals surface area contributed by atoms with E-state index in [0.717, 1.165) is 52.5 Å². The number of hydrogen-bond acceptors (Lipinski definition) is 0. The zero-order valence-electron chi connectivity index (χ0n) is 28.7. The Morgan fingerprint density at radius 2 is 1.02 bits per heavy atom. The largest absolute Gasteiger partial charge is 0.0689 e. The molecule has 0 aliphatic heterocycles. The summed E-state index contributed by atoms with van der Waals surface area (Å²) in [5, 5.41) is 0. The average molecular weight is 583 g/mol. The molecule has 0 aromatic heterocycles. The lowest BCUT2D eigenvalue weighted by Crippen LogP contribution is -2.45. The van der Waals surface area contributed by atoms with Crippen LogP contribution in [0.5, 0.6) is 0 Å². The molecule has 0 radical (unpaired) electrons. The fraction of sp³-hybridized carbons (Fsp3) is 0.707. The van der Waals surface area contributed by atoms with Crippen molar-refractivity contribution in [2.75, 3.05) is 0 Å². The summed E-state index contributed by atoms with van der Waals surface area (Å²) < 4.78 is 0. The van der Waals surface area contributed by atoms with Gasteiger partial charge in [-0.3, -0.25) is 0 Å². The lowest BCUT2D eigenvalue weighted by Gasteiger charge is -2.48. The summed E-state index contributed by atoms with van der Waals surface area (Å²) in [6, 6.07) is 19.9. The molecule has 0 bridgehead atoms. The molecule has 230 valence electrons. The zero-order valence-corrected chi connectivity index (χ0v) is 29.7. The van der Waals surface area contributed by atoms with Gasteiger partial charge in [-0.15, -0.1) is 0 Å². The van der Waals surface area contributed by atoms with Gasteiger partial charge in [0.2, 0.25) is 0 Å². The number of rotatable bonds is 4. The van der Waals surface area contributed by atoms with Crippen molar-refractivity contribution in [3.05, 3.63) is 70.8 Å². The van der Waals surface area contributed by atoms with E-state index in [1.807, 2.05) is 0 Å². The maximum atomic E-state index is 2.88. The van der Waals surface area contributed by atoms with Crippen molar-refractivity contribution < 1.29 is 0 Å². The van der Waals surface area contributed by atoms with E-state index in [2.05, 4.69) is 110 Å². The second-order valence-electron chi connectivity index (χ2n) is 18.2. The highest BCUT2D eigenvalue weighted by molar-refractivity contribution is 6.80. The number of fused-ring (bicyclic) bond motifs is 2. The maximum absolute atomic E-state index is 2.88. The molecule has 4 fully saturated rings. The van der Waals surface area contributed by atoms with Gasteiger partial charge in [-0.2, -0.15) is 0 Å². The Morgan fingerprint density at radius 1 is 0.548 bits per heavy atom. The monoisotopic (exact) mass is 582 g/mol. The van der Waals surface area contributed by atoms with Crippen LogP contribution in [-0.2, 0) is 10.8 Å². The molecular weight excluding hydrogens is 521 g/mol. The molecule has 4 aliphatic carbocycles. The van der Waals surface area contributed by atoms with E-state index in [9.17, 15) is 0 Å². The van der Waals surface area contributed by atoms with Crippen molar-refractivity contribution in [2.24, 2.45) is 29.6 Å². The molecule has 4 aliphatic rings. The molecule has 6 rings (SSSR count). The summed E-state index contributed by atoms with van der Waals surface area (Å²) >= 11 is 0. The molecule has 0 nitrogen and oxygen atoms in total. The molecule has 9 atom stereocenters. The van der Waals surface area contributed by atoms with E-state index in [4.69, 9.17) is 0 Å². The number of hydrogen-bond donors (Lipinski definition) is 0. The first-order chi connectivity index (χ1) is 19.8. The van der Waals surface area contributed by atoms with E-state index in [-0.39, 0.29) is 10.8 Å². The van der Waals surface area contributed by atoms with Crippen LogP contribution in [0.25, 0.3) is 0 Å². The Balaban J connectivity index is 1.21. The lowest BCUT2D eigenvalue weighted by atomic mass is 9.70. The second kappa shape index (κ2) is 11.2. The van der Waals surface area contributed by atoms with Gasteiger partial charge in [-0.05, 0) is 111 Å². The quantitative estimate of drug-likeness (QED) is 0.314. The predicted octanol–water partition coefficient (Wildman–Crippen LogP) is 12.3. The summed E-state index contributed by atoms with van der Waals surface area (Å²) in [5.74, 6) is 6.33. The van der Waals surface area contributed by atoms with Crippen LogP contribution in [0.1, 0.15) is 140 Å². The molecule has 0 spiro atoms. The third kappa shape index (κ3) is 5.52.